The van der Waals surface area contributed by atoms with Crippen LogP contribution in [-0.4, -0.2) is 19.8 Å². The first-order valence-corrected chi connectivity index (χ1v) is 6.65. The van der Waals surface area contributed by atoms with Crippen molar-refractivity contribution < 1.29 is 9.15 Å². The van der Waals surface area contributed by atoms with E-state index in [2.05, 4.69) is 36.5 Å². The van der Waals surface area contributed by atoms with Crippen molar-refractivity contribution in [1.82, 2.24) is 0 Å². The molecule has 1 aromatic carbocycles. The molecular formula is C16H21NO2. The monoisotopic (exact) mass is 259 g/mol. The Hall–Kier alpha value is -1.74. The molecule has 1 atom stereocenters. The van der Waals surface area contributed by atoms with Crippen molar-refractivity contribution in [3.8, 4) is 0 Å². The molecule has 1 aromatic heterocycles. The van der Waals surface area contributed by atoms with Gasteiger partial charge in [-0.25, -0.2) is 0 Å². The molecule has 0 aliphatic carbocycles. The lowest BCUT2D eigenvalue weighted by molar-refractivity contribution is 0.202. The van der Waals surface area contributed by atoms with Gasteiger partial charge in [0.25, 0.3) is 0 Å². The Bertz CT molecular complexity index is 479. The van der Waals surface area contributed by atoms with Crippen LogP contribution in [0.2, 0.25) is 0 Å². The minimum absolute atomic E-state index is 0.329. The second-order valence-corrected chi connectivity index (χ2v) is 4.73. The smallest absolute Gasteiger partial charge is 0.105 e. The fourth-order valence-corrected chi connectivity index (χ4v) is 2.14. The van der Waals surface area contributed by atoms with Crippen LogP contribution in [0.5, 0.6) is 0 Å². The molecule has 3 heteroatoms. The van der Waals surface area contributed by atoms with Crippen molar-refractivity contribution in [3.05, 3.63) is 54.0 Å². The molecule has 0 spiro atoms. The predicted octanol–water partition coefficient (Wildman–Crippen LogP) is 3.51. The summed E-state index contributed by atoms with van der Waals surface area (Å²) in [5.74, 6) is 1.01. The molecule has 0 aliphatic rings. The summed E-state index contributed by atoms with van der Waals surface area (Å²) in [7, 11) is 1.73. The summed E-state index contributed by atoms with van der Waals surface area (Å²) in [6.07, 6.45) is 3.52. The predicted molar refractivity (Wildman–Crippen MR) is 77.5 cm³/mol. The molecule has 0 saturated heterocycles. The summed E-state index contributed by atoms with van der Waals surface area (Å²) < 4.78 is 10.5. The number of para-hydroxylation sites is 1. The molecule has 0 aliphatic heterocycles. The zero-order valence-corrected chi connectivity index (χ0v) is 11.6. The van der Waals surface area contributed by atoms with Gasteiger partial charge in [0.05, 0.1) is 12.9 Å². The van der Waals surface area contributed by atoms with Gasteiger partial charge in [-0.15, -0.1) is 0 Å². The third kappa shape index (κ3) is 4.14. The average Bonchev–Trinajstić information content (AvgIpc) is 2.90. The lowest BCUT2D eigenvalue weighted by Crippen LogP contribution is -2.19. The Morgan fingerprint density at radius 1 is 1.21 bits per heavy atom. The Balaban J connectivity index is 1.97. The van der Waals surface area contributed by atoms with E-state index in [0.29, 0.717) is 6.04 Å². The van der Waals surface area contributed by atoms with Gasteiger partial charge in [-0.3, -0.25) is 0 Å². The summed E-state index contributed by atoms with van der Waals surface area (Å²) in [5.41, 5.74) is 2.47. The highest BCUT2D eigenvalue weighted by Crippen LogP contribution is 2.18. The van der Waals surface area contributed by atoms with E-state index in [0.717, 1.165) is 25.2 Å². The van der Waals surface area contributed by atoms with Crippen molar-refractivity contribution in [2.24, 2.45) is 0 Å². The Morgan fingerprint density at radius 3 is 2.79 bits per heavy atom. The average molecular weight is 259 g/mol. The van der Waals surface area contributed by atoms with Crippen LogP contribution in [0.25, 0.3) is 0 Å². The molecule has 0 amide bonds. The fraction of sp³-hybridized carbons (Fsp3) is 0.375. The second-order valence-electron chi connectivity index (χ2n) is 4.73. The molecule has 1 heterocycles. The first-order valence-electron chi connectivity index (χ1n) is 6.65. The van der Waals surface area contributed by atoms with Crippen LogP contribution in [0.3, 0.4) is 0 Å². The van der Waals surface area contributed by atoms with Crippen LogP contribution in [0.1, 0.15) is 18.2 Å². The van der Waals surface area contributed by atoms with Gasteiger partial charge in [0.2, 0.25) is 0 Å². The Morgan fingerprint density at radius 2 is 2.05 bits per heavy atom. The van der Waals surface area contributed by atoms with Crippen molar-refractivity contribution in [2.75, 3.05) is 19.0 Å². The van der Waals surface area contributed by atoms with E-state index in [-0.39, 0.29) is 0 Å². The molecule has 0 radical (unpaired) electrons. The summed E-state index contributed by atoms with van der Waals surface area (Å²) in [6.45, 7) is 2.90. The third-order valence-electron chi connectivity index (χ3n) is 3.08. The van der Waals surface area contributed by atoms with Crippen LogP contribution in [0.15, 0.2) is 47.1 Å². The van der Waals surface area contributed by atoms with Gasteiger partial charge >= 0.3 is 0 Å². The number of furan rings is 1. The number of hydrogen-bond donors (Lipinski definition) is 1. The number of methoxy groups -OCH3 is 1. The molecule has 2 aromatic rings. The molecule has 2 rings (SSSR count). The van der Waals surface area contributed by atoms with Gasteiger partial charge in [0, 0.05) is 25.3 Å². The van der Waals surface area contributed by atoms with Crippen molar-refractivity contribution >= 4 is 5.69 Å². The lowest BCUT2D eigenvalue weighted by atomic mass is 10.1. The quantitative estimate of drug-likeness (QED) is 0.826. The summed E-state index contributed by atoms with van der Waals surface area (Å²) in [5, 5.41) is 3.54. The summed E-state index contributed by atoms with van der Waals surface area (Å²) in [6, 6.07) is 12.6. The van der Waals surface area contributed by atoms with E-state index < -0.39 is 0 Å². The van der Waals surface area contributed by atoms with Gasteiger partial charge in [-0.05, 0) is 37.1 Å². The van der Waals surface area contributed by atoms with Gasteiger partial charge in [-0.2, -0.15) is 0 Å². The maximum atomic E-state index is 5.38. The standard InChI is InChI=1S/C16H21NO2/c1-13(12-15-7-5-10-19-15)17-16-8-4-3-6-14(16)9-11-18-2/h3-8,10,13,17H,9,11-12H2,1-2H3. The van der Waals surface area contributed by atoms with Crippen molar-refractivity contribution in [2.45, 2.75) is 25.8 Å². The first-order chi connectivity index (χ1) is 9.29. The van der Waals surface area contributed by atoms with Crippen LogP contribution in [-0.2, 0) is 17.6 Å². The maximum absolute atomic E-state index is 5.38. The molecule has 1 unspecified atom stereocenters. The topological polar surface area (TPSA) is 34.4 Å². The third-order valence-corrected chi connectivity index (χ3v) is 3.08. The largest absolute Gasteiger partial charge is 0.469 e. The minimum atomic E-state index is 0.329. The van der Waals surface area contributed by atoms with E-state index >= 15 is 0 Å². The van der Waals surface area contributed by atoms with E-state index in [1.54, 1.807) is 13.4 Å². The zero-order valence-electron chi connectivity index (χ0n) is 11.6. The first kappa shape index (κ1) is 13.7. The Labute approximate surface area is 114 Å². The van der Waals surface area contributed by atoms with Crippen LogP contribution in [0, 0.1) is 0 Å². The highest BCUT2D eigenvalue weighted by molar-refractivity contribution is 5.51. The fourth-order valence-electron chi connectivity index (χ4n) is 2.14. The van der Waals surface area contributed by atoms with E-state index in [1.807, 2.05) is 12.1 Å². The van der Waals surface area contributed by atoms with Crippen LogP contribution < -0.4 is 5.32 Å². The molecule has 0 saturated carbocycles. The van der Waals surface area contributed by atoms with Gasteiger partial charge in [0.1, 0.15) is 5.76 Å². The Kier molecular flexibility index (Phi) is 5.04. The number of hydrogen-bond acceptors (Lipinski definition) is 3. The molecule has 102 valence electrons. The van der Waals surface area contributed by atoms with Gasteiger partial charge in [0.15, 0.2) is 0 Å². The molecule has 3 nitrogen and oxygen atoms in total. The van der Waals surface area contributed by atoms with Gasteiger partial charge in [-0.1, -0.05) is 18.2 Å². The van der Waals surface area contributed by atoms with Crippen molar-refractivity contribution in [1.29, 1.82) is 0 Å². The SMILES string of the molecule is COCCc1ccccc1NC(C)Cc1ccco1. The van der Waals surface area contributed by atoms with Crippen molar-refractivity contribution in [3.63, 3.8) is 0 Å². The highest BCUT2D eigenvalue weighted by atomic mass is 16.5. The number of nitrogens with one attached hydrogen (secondary N) is 1. The normalized spacial score (nSPS) is 12.3. The minimum Gasteiger partial charge on any atom is -0.469 e. The van der Waals surface area contributed by atoms with Crippen LogP contribution in [0.4, 0.5) is 5.69 Å². The number of ether oxygens (including phenoxy) is 1. The summed E-state index contributed by atoms with van der Waals surface area (Å²) >= 11 is 0. The van der Waals surface area contributed by atoms with Gasteiger partial charge < -0.3 is 14.5 Å². The molecular weight excluding hydrogens is 238 g/mol. The highest BCUT2D eigenvalue weighted by Gasteiger charge is 2.08. The van der Waals surface area contributed by atoms with E-state index in [4.69, 9.17) is 9.15 Å². The zero-order chi connectivity index (χ0) is 13.5. The van der Waals surface area contributed by atoms with Crippen LogP contribution >= 0.6 is 0 Å². The number of rotatable bonds is 7. The second kappa shape index (κ2) is 7.00. The van der Waals surface area contributed by atoms with E-state index in [1.165, 1.54) is 11.3 Å². The molecule has 1 N–H and O–H groups in total. The van der Waals surface area contributed by atoms with E-state index in [9.17, 15) is 0 Å². The summed E-state index contributed by atoms with van der Waals surface area (Å²) in [4.78, 5) is 0. The molecule has 0 bridgehead atoms. The molecule has 19 heavy (non-hydrogen) atoms. The molecule has 0 fully saturated rings. The maximum Gasteiger partial charge on any atom is 0.105 e. The number of benzene rings is 1. The number of anilines is 1. The lowest BCUT2D eigenvalue weighted by Gasteiger charge is -2.17.